The summed E-state index contributed by atoms with van der Waals surface area (Å²) < 4.78 is 0. The molecule has 0 atom stereocenters. The molecule has 2 heterocycles. The second-order valence-corrected chi connectivity index (χ2v) is 5.69. The Labute approximate surface area is 128 Å². The minimum atomic E-state index is -0.141. The summed E-state index contributed by atoms with van der Waals surface area (Å²) in [5.41, 5.74) is 3.10. The summed E-state index contributed by atoms with van der Waals surface area (Å²) in [6, 6.07) is 3.48. The van der Waals surface area contributed by atoms with Crippen LogP contribution >= 0.6 is 11.3 Å². The van der Waals surface area contributed by atoms with Gasteiger partial charge in [-0.2, -0.15) is 0 Å². The Morgan fingerprint density at radius 2 is 2.19 bits per heavy atom. The van der Waals surface area contributed by atoms with Gasteiger partial charge >= 0.3 is 0 Å². The first-order valence-corrected chi connectivity index (χ1v) is 7.71. The standard InChI is InChI=1S/C14H19N5OS/c1-4-7-15-13-6-5-11(17-18-13)14(20)19(3)8-12-10(2)16-9-21-12/h5-6,9H,4,7-8H2,1-3H3,(H,15,18). The second kappa shape index (κ2) is 7.12. The molecule has 0 saturated carbocycles. The minimum absolute atomic E-state index is 0.141. The molecule has 6 nitrogen and oxygen atoms in total. The number of carbonyl (C=O) groups excluding carboxylic acids is 1. The summed E-state index contributed by atoms with van der Waals surface area (Å²) in [6.07, 6.45) is 1.01. The fourth-order valence-corrected chi connectivity index (χ4v) is 2.58. The summed E-state index contributed by atoms with van der Waals surface area (Å²) >= 11 is 1.55. The molecule has 7 heteroatoms. The number of nitrogens with one attached hydrogen (secondary N) is 1. The lowest BCUT2D eigenvalue weighted by Gasteiger charge is -2.15. The Hall–Kier alpha value is -2.02. The number of nitrogens with zero attached hydrogens (tertiary/aromatic N) is 4. The van der Waals surface area contributed by atoms with E-state index >= 15 is 0 Å². The number of amides is 1. The van der Waals surface area contributed by atoms with Gasteiger partial charge in [0.2, 0.25) is 0 Å². The molecular formula is C14H19N5OS. The van der Waals surface area contributed by atoms with Crippen molar-refractivity contribution in [2.24, 2.45) is 0 Å². The molecule has 0 spiro atoms. The topological polar surface area (TPSA) is 71.0 Å². The first kappa shape index (κ1) is 15.4. The molecule has 0 aliphatic rings. The van der Waals surface area contributed by atoms with E-state index in [9.17, 15) is 4.79 Å². The van der Waals surface area contributed by atoms with Crippen LogP contribution in [-0.2, 0) is 6.54 Å². The first-order valence-electron chi connectivity index (χ1n) is 6.83. The molecule has 0 radical (unpaired) electrons. The highest BCUT2D eigenvalue weighted by atomic mass is 32.1. The van der Waals surface area contributed by atoms with Crippen molar-refractivity contribution in [3.8, 4) is 0 Å². The highest BCUT2D eigenvalue weighted by Gasteiger charge is 2.15. The van der Waals surface area contributed by atoms with Gasteiger partial charge in [0.1, 0.15) is 5.82 Å². The maximum absolute atomic E-state index is 12.3. The zero-order valence-electron chi connectivity index (χ0n) is 12.5. The van der Waals surface area contributed by atoms with Crippen molar-refractivity contribution in [3.05, 3.63) is 33.9 Å². The van der Waals surface area contributed by atoms with Gasteiger partial charge in [-0.1, -0.05) is 6.92 Å². The molecule has 0 aliphatic heterocycles. The van der Waals surface area contributed by atoms with Crippen molar-refractivity contribution in [2.45, 2.75) is 26.8 Å². The number of hydrogen-bond acceptors (Lipinski definition) is 6. The summed E-state index contributed by atoms with van der Waals surface area (Å²) in [5, 5.41) is 11.1. The van der Waals surface area contributed by atoms with Crippen LogP contribution in [0.25, 0.3) is 0 Å². The van der Waals surface area contributed by atoms with E-state index in [2.05, 4.69) is 27.4 Å². The molecule has 1 amide bonds. The van der Waals surface area contributed by atoms with E-state index in [1.54, 1.807) is 40.9 Å². The van der Waals surface area contributed by atoms with Gasteiger partial charge in [-0.25, -0.2) is 4.98 Å². The number of anilines is 1. The van der Waals surface area contributed by atoms with Crippen LogP contribution in [0, 0.1) is 6.92 Å². The lowest BCUT2D eigenvalue weighted by molar-refractivity contribution is 0.0779. The van der Waals surface area contributed by atoms with E-state index in [1.807, 2.05) is 6.92 Å². The van der Waals surface area contributed by atoms with E-state index in [4.69, 9.17) is 0 Å². The van der Waals surface area contributed by atoms with Gasteiger partial charge in [-0.05, 0) is 25.5 Å². The molecule has 112 valence electrons. The van der Waals surface area contributed by atoms with Crippen LogP contribution in [-0.4, -0.2) is 39.6 Å². The molecule has 0 unspecified atom stereocenters. The highest BCUT2D eigenvalue weighted by Crippen LogP contribution is 2.15. The van der Waals surface area contributed by atoms with Crippen LogP contribution in [0.15, 0.2) is 17.6 Å². The van der Waals surface area contributed by atoms with Crippen LogP contribution < -0.4 is 5.32 Å². The SMILES string of the molecule is CCCNc1ccc(C(=O)N(C)Cc2scnc2C)nn1. The molecule has 0 aliphatic carbocycles. The van der Waals surface area contributed by atoms with E-state index in [0.29, 0.717) is 18.1 Å². The number of aromatic nitrogens is 3. The molecule has 1 N–H and O–H groups in total. The van der Waals surface area contributed by atoms with Crippen LogP contribution in [0.2, 0.25) is 0 Å². The number of aryl methyl sites for hydroxylation is 1. The first-order chi connectivity index (χ1) is 10.1. The maximum Gasteiger partial charge on any atom is 0.274 e. The van der Waals surface area contributed by atoms with Crippen LogP contribution in [0.1, 0.15) is 34.4 Å². The predicted molar refractivity (Wildman–Crippen MR) is 83.5 cm³/mol. The molecule has 0 bridgehead atoms. The third kappa shape index (κ3) is 3.98. The Morgan fingerprint density at radius 3 is 2.76 bits per heavy atom. The second-order valence-electron chi connectivity index (χ2n) is 4.75. The Balaban J connectivity index is 2.00. The van der Waals surface area contributed by atoms with E-state index in [-0.39, 0.29) is 5.91 Å². The van der Waals surface area contributed by atoms with Crippen molar-refractivity contribution < 1.29 is 4.79 Å². The van der Waals surface area contributed by atoms with Gasteiger partial charge in [-0.3, -0.25) is 4.79 Å². The van der Waals surface area contributed by atoms with Gasteiger partial charge < -0.3 is 10.2 Å². The van der Waals surface area contributed by atoms with Crippen LogP contribution in [0.3, 0.4) is 0 Å². The van der Waals surface area contributed by atoms with Crippen molar-refractivity contribution in [2.75, 3.05) is 18.9 Å². The molecule has 2 aromatic heterocycles. The van der Waals surface area contributed by atoms with Gasteiger partial charge in [0.25, 0.3) is 5.91 Å². The maximum atomic E-state index is 12.3. The minimum Gasteiger partial charge on any atom is -0.369 e. The van der Waals surface area contributed by atoms with Crippen LogP contribution in [0.4, 0.5) is 5.82 Å². The Kier molecular flexibility index (Phi) is 5.21. The fourth-order valence-electron chi connectivity index (χ4n) is 1.75. The third-order valence-electron chi connectivity index (χ3n) is 3.01. The Morgan fingerprint density at radius 1 is 1.38 bits per heavy atom. The molecule has 0 saturated heterocycles. The zero-order chi connectivity index (χ0) is 15.2. The highest BCUT2D eigenvalue weighted by molar-refractivity contribution is 7.09. The Bertz CT molecular complexity index is 596. The van der Waals surface area contributed by atoms with E-state index in [0.717, 1.165) is 23.5 Å². The van der Waals surface area contributed by atoms with Crippen LogP contribution in [0.5, 0.6) is 0 Å². The molecule has 0 aromatic carbocycles. The number of carbonyl (C=O) groups is 1. The quantitative estimate of drug-likeness (QED) is 0.887. The molecular weight excluding hydrogens is 286 g/mol. The zero-order valence-corrected chi connectivity index (χ0v) is 13.3. The third-order valence-corrected chi connectivity index (χ3v) is 3.93. The smallest absolute Gasteiger partial charge is 0.274 e. The number of rotatable bonds is 6. The van der Waals surface area contributed by atoms with Gasteiger partial charge in [-0.15, -0.1) is 21.5 Å². The van der Waals surface area contributed by atoms with E-state index in [1.165, 1.54) is 0 Å². The largest absolute Gasteiger partial charge is 0.369 e. The molecule has 2 rings (SSSR count). The fraction of sp³-hybridized carbons (Fsp3) is 0.429. The van der Waals surface area contributed by atoms with Crippen molar-refractivity contribution >= 4 is 23.1 Å². The number of thiazole rings is 1. The average molecular weight is 305 g/mol. The van der Waals surface area contributed by atoms with Gasteiger partial charge in [0.15, 0.2) is 5.69 Å². The molecule has 21 heavy (non-hydrogen) atoms. The normalized spacial score (nSPS) is 10.4. The van der Waals surface area contributed by atoms with Crippen molar-refractivity contribution in [3.63, 3.8) is 0 Å². The lowest BCUT2D eigenvalue weighted by Crippen LogP contribution is -2.27. The summed E-state index contributed by atoms with van der Waals surface area (Å²) in [4.78, 5) is 19.2. The monoisotopic (exact) mass is 305 g/mol. The predicted octanol–water partition coefficient (Wildman–Crippen LogP) is 2.34. The van der Waals surface area contributed by atoms with E-state index < -0.39 is 0 Å². The lowest BCUT2D eigenvalue weighted by atomic mass is 10.3. The number of hydrogen-bond donors (Lipinski definition) is 1. The summed E-state index contributed by atoms with van der Waals surface area (Å²) in [5.74, 6) is 0.548. The summed E-state index contributed by atoms with van der Waals surface area (Å²) in [6.45, 7) is 5.40. The average Bonchev–Trinajstić information content (AvgIpc) is 2.90. The molecule has 0 fully saturated rings. The van der Waals surface area contributed by atoms with Gasteiger partial charge in [0.05, 0.1) is 17.7 Å². The summed E-state index contributed by atoms with van der Waals surface area (Å²) in [7, 11) is 1.76. The molecule has 2 aromatic rings. The van der Waals surface area contributed by atoms with Crippen molar-refractivity contribution in [1.82, 2.24) is 20.1 Å². The van der Waals surface area contributed by atoms with Crippen molar-refractivity contribution in [1.29, 1.82) is 0 Å². The van der Waals surface area contributed by atoms with Gasteiger partial charge in [0, 0.05) is 18.5 Å².